The third-order valence-electron chi connectivity index (χ3n) is 5.22. The van der Waals surface area contributed by atoms with Gasteiger partial charge in [0.2, 0.25) is 5.82 Å². The molecular weight excluding hydrogens is 433 g/mol. The highest BCUT2D eigenvalue weighted by Gasteiger charge is 2.14. The molecule has 0 radical (unpaired) electrons. The number of anilines is 1. The van der Waals surface area contributed by atoms with Crippen LogP contribution in [0.25, 0.3) is 23.0 Å². The van der Waals surface area contributed by atoms with Crippen LogP contribution in [0.5, 0.6) is 0 Å². The van der Waals surface area contributed by atoms with E-state index < -0.39 is 0 Å². The van der Waals surface area contributed by atoms with Gasteiger partial charge in [-0.15, -0.1) is 0 Å². The number of benzene rings is 3. The van der Waals surface area contributed by atoms with Gasteiger partial charge in [-0.1, -0.05) is 47.1 Å². The van der Waals surface area contributed by atoms with Gasteiger partial charge >= 0.3 is 0 Å². The zero-order chi connectivity index (χ0) is 23.5. The van der Waals surface area contributed by atoms with E-state index in [9.17, 15) is 9.18 Å². The Balaban J connectivity index is 1.24. The Morgan fingerprint density at radius 1 is 1.06 bits per heavy atom. The van der Waals surface area contributed by atoms with E-state index in [1.54, 1.807) is 30.7 Å². The SMILES string of the molecule is Cc1cccc(C(=O)Nc2ccc(Cn3cnc(-c4nc(-c5cccc(F)c5)no4)c3)cc2)c1. The molecule has 1 N–H and O–H groups in total. The van der Waals surface area contributed by atoms with Crippen molar-refractivity contribution in [3.8, 4) is 23.0 Å². The number of carbonyl (C=O) groups excluding carboxylic acids is 1. The molecule has 0 aliphatic rings. The Kier molecular flexibility index (Phi) is 5.70. The second-order valence-corrected chi connectivity index (χ2v) is 7.89. The summed E-state index contributed by atoms with van der Waals surface area (Å²) in [6.45, 7) is 2.53. The highest BCUT2D eigenvalue weighted by Crippen LogP contribution is 2.22. The first-order valence-electron chi connectivity index (χ1n) is 10.6. The summed E-state index contributed by atoms with van der Waals surface area (Å²) in [6, 6.07) is 21.1. The molecule has 2 heterocycles. The van der Waals surface area contributed by atoms with Crippen LogP contribution >= 0.6 is 0 Å². The molecule has 3 aromatic carbocycles. The number of aromatic nitrogens is 4. The second-order valence-electron chi connectivity index (χ2n) is 7.89. The monoisotopic (exact) mass is 453 g/mol. The number of imidazole rings is 1. The highest BCUT2D eigenvalue weighted by atomic mass is 19.1. The predicted octanol–water partition coefficient (Wildman–Crippen LogP) is 5.35. The Labute approximate surface area is 194 Å². The quantitative estimate of drug-likeness (QED) is 0.375. The minimum Gasteiger partial charge on any atom is -0.332 e. The van der Waals surface area contributed by atoms with Gasteiger partial charge in [0.15, 0.2) is 0 Å². The highest BCUT2D eigenvalue weighted by molar-refractivity contribution is 6.04. The Morgan fingerprint density at radius 3 is 2.68 bits per heavy atom. The predicted molar refractivity (Wildman–Crippen MR) is 126 cm³/mol. The zero-order valence-corrected chi connectivity index (χ0v) is 18.3. The average Bonchev–Trinajstić information content (AvgIpc) is 3.50. The van der Waals surface area contributed by atoms with Crippen LogP contribution in [-0.2, 0) is 6.54 Å². The minimum absolute atomic E-state index is 0.145. The van der Waals surface area contributed by atoms with E-state index >= 15 is 0 Å². The molecular formula is C26H20FN5O2. The van der Waals surface area contributed by atoms with Crippen molar-refractivity contribution in [2.45, 2.75) is 13.5 Å². The van der Waals surface area contributed by atoms with E-state index in [1.807, 2.05) is 54.0 Å². The number of hydrogen-bond donors (Lipinski definition) is 1. The largest absolute Gasteiger partial charge is 0.332 e. The van der Waals surface area contributed by atoms with Gasteiger partial charge in [-0.3, -0.25) is 4.79 Å². The van der Waals surface area contributed by atoms with Gasteiger partial charge in [0.25, 0.3) is 11.8 Å². The third-order valence-corrected chi connectivity index (χ3v) is 5.22. The topological polar surface area (TPSA) is 85.8 Å². The van der Waals surface area contributed by atoms with Crippen LogP contribution in [0.15, 0.2) is 89.8 Å². The maximum atomic E-state index is 13.4. The lowest BCUT2D eigenvalue weighted by molar-refractivity contribution is 0.102. The summed E-state index contributed by atoms with van der Waals surface area (Å²) >= 11 is 0. The molecule has 0 unspecified atom stereocenters. The van der Waals surface area contributed by atoms with Crippen molar-refractivity contribution >= 4 is 11.6 Å². The molecule has 34 heavy (non-hydrogen) atoms. The summed E-state index contributed by atoms with van der Waals surface area (Å²) in [7, 11) is 0. The van der Waals surface area contributed by atoms with Crippen LogP contribution < -0.4 is 5.32 Å². The van der Waals surface area contributed by atoms with E-state index in [4.69, 9.17) is 4.52 Å². The van der Waals surface area contributed by atoms with E-state index in [1.165, 1.54) is 12.1 Å². The molecule has 0 spiro atoms. The summed E-state index contributed by atoms with van der Waals surface area (Å²) in [5, 5.41) is 6.83. The molecule has 0 fully saturated rings. The van der Waals surface area contributed by atoms with Crippen LogP contribution in [0, 0.1) is 12.7 Å². The van der Waals surface area contributed by atoms with E-state index in [2.05, 4.69) is 20.4 Å². The van der Waals surface area contributed by atoms with Crippen molar-refractivity contribution in [3.05, 3.63) is 108 Å². The van der Waals surface area contributed by atoms with Crippen LogP contribution in [0.3, 0.4) is 0 Å². The van der Waals surface area contributed by atoms with Gasteiger partial charge in [-0.25, -0.2) is 9.37 Å². The van der Waals surface area contributed by atoms with Crippen molar-refractivity contribution in [3.63, 3.8) is 0 Å². The van der Waals surface area contributed by atoms with Gasteiger partial charge in [0, 0.05) is 29.6 Å². The van der Waals surface area contributed by atoms with E-state index in [0.29, 0.717) is 29.2 Å². The van der Waals surface area contributed by atoms with Gasteiger partial charge in [-0.05, 0) is 48.9 Å². The first-order valence-corrected chi connectivity index (χ1v) is 10.6. The Hall–Kier alpha value is -4.59. The van der Waals surface area contributed by atoms with Crippen LogP contribution in [0.1, 0.15) is 21.5 Å². The number of nitrogens with one attached hydrogen (secondary N) is 1. The summed E-state index contributed by atoms with van der Waals surface area (Å²) in [5.74, 6) is 0.0429. The molecule has 5 aromatic rings. The summed E-state index contributed by atoms with van der Waals surface area (Å²) < 4.78 is 20.6. The molecule has 0 aliphatic heterocycles. The van der Waals surface area contributed by atoms with E-state index in [0.717, 1.165) is 16.8 Å². The lowest BCUT2D eigenvalue weighted by Gasteiger charge is -2.08. The van der Waals surface area contributed by atoms with Gasteiger partial charge < -0.3 is 14.4 Å². The third kappa shape index (κ3) is 4.75. The minimum atomic E-state index is -0.367. The molecule has 5 rings (SSSR count). The van der Waals surface area contributed by atoms with Gasteiger partial charge in [-0.2, -0.15) is 4.98 Å². The van der Waals surface area contributed by atoms with Crippen molar-refractivity contribution in [2.24, 2.45) is 0 Å². The number of amides is 1. The lowest BCUT2D eigenvalue weighted by atomic mass is 10.1. The summed E-state index contributed by atoms with van der Waals surface area (Å²) in [6.07, 6.45) is 3.48. The van der Waals surface area contributed by atoms with Gasteiger partial charge in [0.1, 0.15) is 11.5 Å². The van der Waals surface area contributed by atoms with Crippen molar-refractivity contribution in [2.75, 3.05) is 5.32 Å². The van der Waals surface area contributed by atoms with Crippen molar-refractivity contribution in [1.82, 2.24) is 19.7 Å². The number of hydrogen-bond acceptors (Lipinski definition) is 5. The number of aryl methyl sites for hydroxylation is 1. The second kappa shape index (κ2) is 9.11. The summed E-state index contributed by atoms with van der Waals surface area (Å²) in [5.41, 5.74) is 4.46. The molecule has 8 heteroatoms. The fraction of sp³-hybridized carbons (Fsp3) is 0.0769. The summed E-state index contributed by atoms with van der Waals surface area (Å²) in [4.78, 5) is 21.1. The zero-order valence-electron chi connectivity index (χ0n) is 18.3. The molecule has 0 atom stereocenters. The number of nitrogens with zero attached hydrogens (tertiary/aromatic N) is 4. The normalized spacial score (nSPS) is 10.9. The molecule has 0 bridgehead atoms. The fourth-order valence-electron chi connectivity index (χ4n) is 3.52. The van der Waals surface area contributed by atoms with Crippen LogP contribution in [0.4, 0.5) is 10.1 Å². The number of halogens is 1. The molecule has 7 nitrogen and oxygen atoms in total. The Bertz CT molecular complexity index is 1460. The molecule has 0 saturated carbocycles. The molecule has 168 valence electrons. The fourth-order valence-corrected chi connectivity index (χ4v) is 3.52. The standard InChI is InChI=1S/C26H20FN5O2/c1-17-4-2-6-20(12-17)25(33)29-22-10-8-18(9-11-22)14-32-15-23(28-16-32)26-30-24(31-34-26)19-5-3-7-21(27)13-19/h2-13,15-16H,14H2,1H3,(H,29,33). The maximum absolute atomic E-state index is 13.4. The first kappa shape index (κ1) is 21.3. The Morgan fingerprint density at radius 2 is 1.88 bits per heavy atom. The number of rotatable bonds is 6. The first-order chi connectivity index (χ1) is 16.5. The maximum Gasteiger partial charge on any atom is 0.278 e. The van der Waals surface area contributed by atoms with Crippen LogP contribution in [0.2, 0.25) is 0 Å². The molecule has 0 saturated heterocycles. The molecule has 1 amide bonds. The van der Waals surface area contributed by atoms with Crippen LogP contribution in [-0.4, -0.2) is 25.6 Å². The average molecular weight is 453 g/mol. The lowest BCUT2D eigenvalue weighted by Crippen LogP contribution is -2.12. The molecule has 0 aliphatic carbocycles. The smallest absolute Gasteiger partial charge is 0.278 e. The molecule has 2 aromatic heterocycles. The van der Waals surface area contributed by atoms with Crippen molar-refractivity contribution < 1.29 is 13.7 Å². The van der Waals surface area contributed by atoms with E-state index in [-0.39, 0.29) is 17.6 Å². The number of carbonyl (C=O) groups is 1. The van der Waals surface area contributed by atoms with Crippen molar-refractivity contribution in [1.29, 1.82) is 0 Å². The van der Waals surface area contributed by atoms with Gasteiger partial charge in [0.05, 0.1) is 6.33 Å².